The van der Waals surface area contributed by atoms with Crippen LogP contribution in [-0.4, -0.2) is 56.9 Å². The highest BCUT2D eigenvalue weighted by molar-refractivity contribution is 5.94. The molecule has 3 rings (SSSR count). The monoisotopic (exact) mass is 430 g/mol. The number of esters is 1. The Balaban J connectivity index is 1.72. The zero-order chi connectivity index (χ0) is 22.5. The van der Waals surface area contributed by atoms with Gasteiger partial charge in [0.15, 0.2) is 0 Å². The summed E-state index contributed by atoms with van der Waals surface area (Å²) in [6.07, 6.45) is -0.675. The Morgan fingerprint density at radius 2 is 2.19 bits per heavy atom. The van der Waals surface area contributed by atoms with Gasteiger partial charge in [-0.25, -0.2) is 14.0 Å². The number of nitrogens with zero attached hydrogens (tertiary/aromatic N) is 3. The van der Waals surface area contributed by atoms with Crippen molar-refractivity contribution in [1.29, 1.82) is 5.26 Å². The minimum Gasteiger partial charge on any atom is -0.462 e. The topological polar surface area (TPSA) is 112 Å². The van der Waals surface area contributed by atoms with Gasteiger partial charge in [-0.15, -0.1) is 0 Å². The first-order valence-electron chi connectivity index (χ1n) is 9.90. The van der Waals surface area contributed by atoms with Crippen LogP contribution in [0.5, 0.6) is 0 Å². The first-order chi connectivity index (χ1) is 14.8. The Bertz CT molecular complexity index is 971. The number of anilines is 2. The summed E-state index contributed by atoms with van der Waals surface area (Å²) < 4.78 is 25.0. The van der Waals surface area contributed by atoms with E-state index in [0.717, 1.165) is 0 Å². The van der Waals surface area contributed by atoms with Crippen LogP contribution in [0.4, 0.5) is 20.6 Å². The van der Waals surface area contributed by atoms with Crippen LogP contribution >= 0.6 is 0 Å². The highest BCUT2D eigenvalue weighted by Gasteiger charge is 2.33. The zero-order valence-corrected chi connectivity index (χ0v) is 17.3. The number of nitriles is 1. The van der Waals surface area contributed by atoms with E-state index in [2.05, 4.69) is 5.32 Å². The first kappa shape index (κ1) is 22.1. The van der Waals surface area contributed by atoms with Crippen molar-refractivity contribution in [2.75, 3.05) is 42.6 Å². The highest BCUT2D eigenvalue weighted by Crippen LogP contribution is 2.31. The summed E-state index contributed by atoms with van der Waals surface area (Å²) in [6.45, 7) is 4.26. The van der Waals surface area contributed by atoms with Gasteiger partial charge < -0.3 is 19.7 Å². The van der Waals surface area contributed by atoms with Gasteiger partial charge in [-0.3, -0.25) is 9.69 Å². The van der Waals surface area contributed by atoms with Gasteiger partial charge in [-0.2, -0.15) is 5.26 Å². The van der Waals surface area contributed by atoms with Crippen molar-refractivity contribution < 1.29 is 28.2 Å². The second-order valence-corrected chi connectivity index (χ2v) is 7.17. The molecule has 31 heavy (non-hydrogen) atoms. The average molecular weight is 430 g/mol. The van der Waals surface area contributed by atoms with Crippen molar-refractivity contribution in [3.05, 3.63) is 35.2 Å². The summed E-state index contributed by atoms with van der Waals surface area (Å²) in [4.78, 5) is 38.1. The predicted molar refractivity (Wildman–Crippen MR) is 109 cm³/mol. The minimum atomic E-state index is -0.668. The van der Waals surface area contributed by atoms with Crippen LogP contribution in [0.15, 0.2) is 29.3 Å². The van der Waals surface area contributed by atoms with Crippen molar-refractivity contribution in [2.24, 2.45) is 0 Å². The number of nitrogens with one attached hydrogen (secondary N) is 1. The van der Waals surface area contributed by atoms with E-state index < -0.39 is 24.0 Å². The molecule has 2 amide bonds. The summed E-state index contributed by atoms with van der Waals surface area (Å²) in [5.74, 6) is -1.43. The molecule has 9 nitrogen and oxygen atoms in total. The predicted octanol–water partition coefficient (Wildman–Crippen LogP) is 1.88. The lowest BCUT2D eigenvalue weighted by Crippen LogP contribution is -2.33. The standard InChI is InChI=1S/C21H23FN4O5/c1-3-30-20(28)17(9-23)14-6-7-25(11-14)19-5-4-15(8-18(19)22)26-12-16(31-21(26)29)10-24-13(2)27/h4-5,8,16H,3,6-7,10-12H2,1-2H3,(H,24,27)/b17-14+/t16-/m0/s1. The summed E-state index contributed by atoms with van der Waals surface area (Å²) in [5, 5.41) is 11.9. The average Bonchev–Trinajstić information content (AvgIpc) is 3.34. The quantitative estimate of drug-likeness (QED) is 0.417. The van der Waals surface area contributed by atoms with E-state index in [4.69, 9.17) is 9.47 Å². The number of cyclic esters (lactones) is 1. The third kappa shape index (κ3) is 4.94. The van der Waals surface area contributed by atoms with Gasteiger partial charge >= 0.3 is 12.1 Å². The van der Waals surface area contributed by atoms with E-state index in [9.17, 15) is 24.0 Å². The molecule has 1 aromatic rings. The van der Waals surface area contributed by atoms with Gasteiger partial charge in [0, 0.05) is 20.0 Å². The Morgan fingerprint density at radius 3 is 2.84 bits per heavy atom. The second kappa shape index (κ2) is 9.47. The molecule has 2 fully saturated rings. The number of ether oxygens (including phenoxy) is 2. The van der Waals surface area contributed by atoms with E-state index in [0.29, 0.717) is 29.9 Å². The van der Waals surface area contributed by atoms with Crippen LogP contribution in [0.1, 0.15) is 20.3 Å². The lowest BCUT2D eigenvalue weighted by atomic mass is 10.1. The fourth-order valence-corrected chi connectivity index (χ4v) is 3.56. The minimum absolute atomic E-state index is 0.0357. The van der Waals surface area contributed by atoms with Crippen molar-refractivity contribution >= 4 is 29.3 Å². The van der Waals surface area contributed by atoms with Crippen molar-refractivity contribution in [2.45, 2.75) is 26.4 Å². The van der Waals surface area contributed by atoms with Gasteiger partial charge in [-0.05, 0) is 37.1 Å². The van der Waals surface area contributed by atoms with E-state index in [1.807, 2.05) is 6.07 Å². The molecule has 1 N–H and O–H groups in total. The SMILES string of the molecule is CCOC(=O)/C(C#N)=C1\CCN(c2ccc(N3C[C@H](CNC(C)=O)OC3=O)cc2F)C1. The molecule has 0 aliphatic carbocycles. The lowest BCUT2D eigenvalue weighted by molar-refractivity contribution is -0.138. The fourth-order valence-electron chi connectivity index (χ4n) is 3.56. The zero-order valence-electron chi connectivity index (χ0n) is 17.3. The normalized spacial score (nSPS) is 19.7. The number of hydrogen-bond donors (Lipinski definition) is 1. The summed E-state index contributed by atoms with van der Waals surface area (Å²) >= 11 is 0. The van der Waals surface area contributed by atoms with E-state index in [1.54, 1.807) is 24.0 Å². The number of amides is 2. The number of carbonyl (C=O) groups is 3. The van der Waals surface area contributed by atoms with Crippen LogP contribution in [0.25, 0.3) is 0 Å². The molecule has 1 aromatic carbocycles. The number of hydrogen-bond acceptors (Lipinski definition) is 7. The van der Waals surface area contributed by atoms with Crippen molar-refractivity contribution in [1.82, 2.24) is 5.32 Å². The van der Waals surface area contributed by atoms with Gasteiger partial charge in [0.1, 0.15) is 23.6 Å². The largest absolute Gasteiger partial charge is 0.462 e. The molecular weight excluding hydrogens is 407 g/mol. The molecule has 0 bridgehead atoms. The Morgan fingerprint density at radius 1 is 1.42 bits per heavy atom. The van der Waals surface area contributed by atoms with Gasteiger partial charge in [-0.1, -0.05) is 0 Å². The first-order valence-corrected chi connectivity index (χ1v) is 9.90. The third-order valence-corrected chi connectivity index (χ3v) is 5.05. The molecule has 2 aliphatic rings. The number of benzene rings is 1. The van der Waals surface area contributed by atoms with Gasteiger partial charge in [0.2, 0.25) is 5.91 Å². The van der Waals surface area contributed by atoms with E-state index >= 15 is 0 Å². The molecule has 0 saturated carbocycles. The van der Waals surface area contributed by atoms with E-state index in [-0.39, 0.29) is 37.7 Å². The van der Waals surface area contributed by atoms with Crippen LogP contribution in [-0.2, 0) is 19.1 Å². The summed E-state index contributed by atoms with van der Waals surface area (Å²) in [6, 6.07) is 6.30. The molecule has 164 valence electrons. The molecule has 0 spiro atoms. The Labute approximate surface area is 179 Å². The molecule has 1 atom stereocenters. The molecule has 2 saturated heterocycles. The van der Waals surface area contributed by atoms with Crippen LogP contribution in [0.3, 0.4) is 0 Å². The third-order valence-electron chi connectivity index (χ3n) is 5.05. The van der Waals surface area contributed by atoms with Crippen LogP contribution in [0, 0.1) is 17.1 Å². The molecule has 2 heterocycles. The Kier molecular flexibility index (Phi) is 6.74. The number of rotatable bonds is 6. The van der Waals surface area contributed by atoms with Crippen molar-refractivity contribution in [3.8, 4) is 6.07 Å². The van der Waals surface area contributed by atoms with Gasteiger partial charge in [0.25, 0.3) is 0 Å². The highest BCUT2D eigenvalue weighted by atomic mass is 19.1. The summed E-state index contributed by atoms with van der Waals surface area (Å²) in [7, 11) is 0. The van der Waals surface area contributed by atoms with Crippen molar-refractivity contribution in [3.63, 3.8) is 0 Å². The molecule has 0 aromatic heterocycles. The van der Waals surface area contributed by atoms with Gasteiger partial charge in [0.05, 0.1) is 31.1 Å². The fraction of sp³-hybridized carbons (Fsp3) is 0.429. The van der Waals surface area contributed by atoms with E-state index in [1.165, 1.54) is 17.9 Å². The maximum Gasteiger partial charge on any atom is 0.414 e. The lowest BCUT2D eigenvalue weighted by Gasteiger charge is -2.20. The number of carbonyl (C=O) groups excluding carboxylic acids is 3. The summed E-state index contributed by atoms with van der Waals surface area (Å²) in [5.41, 5.74) is 1.22. The maximum absolute atomic E-state index is 14.9. The Hall–Kier alpha value is -3.61. The molecule has 0 radical (unpaired) electrons. The maximum atomic E-state index is 14.9. The molecule has 0 unspecified atom stereocenters. The smallest absolute Gasteiger partial charge is 0.414 e. The molecule has 2 aliphatic heterocycles. The van der Waals surface area contributed by atoms with Crippen LogP contribution in [0.2, 0.25) is 0 Å². The number of halogens is 1. The molecule has 10 heteroatoms. The molecular formula is C21H23FN4O5. The second-order valence-electron chi connectivity index (χ2n) is 7.17. The van der Waals surface area contributed by atoms with Crippen LogP contribution < -0.4 is 15.1 Å².